The fraction of sp³-hybridized carbons (Fsp3) is 0.640. The van der Waals surface area contributed by atoms with Gasteiger partial charge in [-0.05, 0) is 75.6 Å². The molecule has 2 aromatic rings. The quantitative estimate of drug-likeness (QED) is 0.541. The zero-order valence-electron chi connectivity index (χ0n) is 19.3. The van der Waals surface area contributed by atoms with Gasteiger partial charge in [0.15, 0.2) is 5.58 Å². The van der Waals surface area contributed by atoms with Crippen LogP contribution < -0.4 is 11.1 Å². The van der Waals surface area contributed by atoms with Gasteiger partial charge in [0, 0.05) is 30.5 Å². The molecule has 184 valence electrons. The molecule has 34 heavy (non-hydrogen) atoms. The first-order valence-corrected chi connectivity index (χ1v) is 12.4. The van der Waals surface area contributed by atoms with Gasteiger partial charge in [-0.25, -0.2) is 4.39 Å². The van der Waals surface area contributed by atoms with Crippen molar-refractivity contribution in [1.82, 2.24) is 15.4 Å². The van der Waals surface area contributed by atoms with E-state index in [9.17, 15) is 19.1 Å². The van der Waals surface area contributed by atoms with Crippen LogP contribution in [0.25, 0.3) is 11.0 Å². The van der Waals surface area contributed by atoms with Crippen LogP contribution in [0.15, 0.2) is 22.7 Å². The first-order valence-electron chi connectivity index (χ1n) is 12.4. The minimum absolute atomic E-state index is 0.0938. The van der Waals surface area contributed by atoms with Gasteiger partial charge in [0.1, 0.15) is 5.82 Å². The zero-order valence-corrected chi connectivity index (χ0v) is 19.3. The molecule has 2 saturated carbocycles. The van der Waals surface area contributed by atoms with Crippen molar-refractivity contribution in [3.8, 4) is 0 Å². The Kier molecular flexibility index (Phi) is 6.57. The molecule has 4 N–H and O–H groups in total. The number of nitrogens with one attached hydrogen (secondary N) is 1. The van der Waals surface area contributed by atoms with Crippen molar-refractivity contribution < 1.29 is 23.6 Å². The highest BCUT2D eigenvalue weighted by Crippen LogP contribution is 2.52. The summed E-state index contributed by atoms with van der Waals surface area (Å²) >= 11 is 0. The number of piperidine rings is 1. The van der Waals surface area contributed by atoms with Crippen molar-refractivity contribution >= 4 is 22.8 Å². The summed E-state index contributed by atoms with van der Waals surface area (Å²) in [4.78, 5) is 26.8. The van der Waals surface area contributed by atoms with Gasteiger partial charge in [-0.2, -0.15) is 0 Å². The average molecular weight is 473 g/mol. The predicted octanol–water partition coefficient (Wildman–Crippen LogP) is 2.16. The maximum atomic E-state index is 13.4. The van der Waals surface area contributed by atoms with E-state index in [0.717, 1.165) is 56.3 Å². The van der Waals surface area contributed by atoms with Crippen molar-refractivity contribution in [2.24, 2.45) is 29.4 Å². The molecule has 8 nitrogen and oxygen atoms in total. The third-order valence-electron chi connectivity index (χ3n) is 8.23. The number of halogens is 1. The number of aliphatic hydroxyl groups excluding tert-OH is 1. The fourth-order valence-corrected chi connectivity index (χ4v) is 6.56. The number of rotatable bonds is 8. The van der Waals surface area contributed by atoms with Gasteiger partial charge in [0.2, 0.25) is 11.8 Å². The number of hydrogen-bond donors (Lipinski definition) is 3. The van der Waals surface area contributed by atoms with Gasteiger partial charge in [-0.15, -0.1) is 0 Å². The smallest absolute Gasteiger partial charge is 0.224 e. The molecule has 2 heterocycles. The lowest BCUT2D eigenvalue weighted by Crippen LogP contribution is -2.44. The van der Waals surface area contributed by atoms with Crippen molar-refractivity contribution in [2.75, 3.05) is 26.2 Å². The van der Waals surface area contributed by atoms with Crippen LogP contribution in [0.4, 0.5) is 4.39 Å². The molecule has 0 spiro atoms. The van der Waals surface area contributed by atoms with Gasteiger partial charge in [0.25, 0.3) is 0 Å². The molecule has 5 atom stereocenters. The number of hydrogen-bond acceptors (Lipinski definition) is 6. The molecule has 0 radical (unpaired) electrons. The van der Waals surface area contributed by atoms with E-state index in [-0.39, 0.29) is 47.2 Å². The highest BCUT2D eigenvalue weighted by Gasteiger charge is 2.53. The van der Waals surface area contributed by atoms with Gasteiger partial charge >= 0.3 is 0 Å². The molecule has 2 bridgehead atoms. The molecule has 1 aromatic heterocycles. The molecule has 3 fully saturated rings. The Labute approximate surface area is 198 Å². The highest BCUT2D eigenvalue weighted by molar-refractivity contribution is 5.88. The van der Waals surface area contributed by atoms with Crippen LogP contribution in [0.5, 0.6) is 0 Å². The maximum Gasteiger partial charge on any atom is 0.224 e. The number of primary amides is 1. The lowest BCUT2D eigenvalue weighted by molar-refractivity contribution is -0.135. The standard InChI is InChI=1S/C25H33FN4O4/c26-17-3-4-19-20(12-17)34-29-23(19)14-6-9-30(10-7-14)13-18(31)5-8-28-25(33)22-16-2-1-15(11-16)21(22)24(27)32/h3-4,12,14-16,18,21-22,31H,1-2,5-11,13H2,(H2,27,32)(H,28,33). The number of aromatic nitrogens is 1. The number of aliphatic hydroxyl groups is 1. The summed E-state index contributed by atoms with van der Waals surface area (Å²) in [5.41, 5.74) is 6.94. The number of nitrogens with zero attached hydrogens (tertiary/aromatic N) is 2. The van der Waals surface area contributed by atoms with E-state index in [2.05, 4.69) is 15.4 Å². The van der Waals surface area contributed by atoms with E-state index >= 15 is 0 Å². The topological polar surface area (TPSA) is 122 Å². The fourth-order valence-electron chi connectivity index (χ4n) is 6.56. The summed E-state index contributed by atoms with van der Waals surface area (Å²) in [6.45, 7) is 2.59. The van der Waals surface area contributed by atoms with Crippen molar-refractivity contribution in [1.29, 1.82) is 0 Å². The molecule has 5 unspecified atom stereocenters. The summed E-state index contributed by atoms with van der Waals surface area (Å²) in [7, 11) is 0. The van der Waals surface area contributed by atoms with Crippen molar-refractivity contribution in [2.45, 2.75) is 50.5 Å². The monoisotopic (exact) mass is 472 g/mol. The van der Waals surface area contributed by atoms with E-state index in [1.54, 1.807) is 6.07 Å². The number of nitrogens with two attached hydrogens (primary N) is 1. The number of amides is 2. The van der Waals surface area contributed by atoms with Gasteiger partial charge in [-0.1, -0.05) is 5.16 Å². The van der Waals surface area contributed by atoms with Crippen LogP contribution >= 0.6 is 0 Å². The Morgan fingerprint density at radius 3 is 2.68 bits per heavy atom. The van der Waals surface area contributed by atoms with E-state index in [0.29, 0.717) is 25.1 Å². The van der Waals surface area contributed by atoms with Crippen molar-refractivity contribution in [3.05, 3.63) is 29.7 Å². The Balaban J connectivity index is 1.05. The summed E-state index contributed by atoms with van der Waals surface area (Å²) in [6.07, 6.45) is 4.61. The van der Waals surface area contributed by atoms with E-state index < -0.39 is 6.10 Å². The van der Waals surface area contributed by atoms with Gasteiger partial charge in [-0.3, -0.25) is 9.59 Å². The lowest BCUT2D eigenvalue weighted by atomic mass is 9.78. The van der Waals surface area contributed by atoms with Crippen LogP contribution in [0.3, 0.4) is 0 Å². The molecule has 2 amide bonds. The van der Waals surface area contributed by atoms with Gasteiger partial charge in [0.05, 0.1) is 23.6 Å². The van der Waals surface area contributed by atoms with E-state index in [1.807, 2.05) is 0 Å². The third-order valence-corrected chi connectivity index (χ3v) is 8.23. The molecule has 2 aliphatic carbocycles. The first-order chi connectivity index (χ1) is 16.4. The predicted molar refractivity (Wildman–Crippen MR) is 123 cm³/mol. The zero-order chi connectivity index (χ0) is 23.8. The number of benzene rings is 1. The summed E-state index contributed by atoms with van der Waals surface area (Å²) < 4.78 is 18.7. The Morgan fingerprint density at radius 2 is 1.94 bits per heavy atom. The van der Waals surface area contributed by atoms with Crippen LogP contribution in [0, 0.1) is 29.5 Å². The highest BCUT2D eigenvalue weighted by atomic mass is 19.1. The van der Waals surface area contributed by atoms with Crippen LogP contribution in [0.1, 0.15) is 50.1 Å². The molecule has 1 aliphatic heterocycles. The molecule has 5 rings (SSSR count). The SMILES string of the molecule is NC(=O)C1C2CCC(C2)C1C(=O)NCCC(O)CN1CCC(c2noc3cc(F)ccc23)CC1. The maximum absolute atomic E-state index is 13.4. The van der Waals surface area contributed by atoms with E-state index in [1.165, 1.54) is 12.1 Å². The Bertz CT molecular complexity index is 1050. The summed E-state index contributed by atoms with van der Waals surface area (Å²) in [6, 6.07) is 4.52. The summed E-state index contributed by atoms with van der Waals surface area (Å²) in [5.74, 6) is -0.678. The Hall–Kier alpha value is -2.52. The average Bonchev–Trinajstić information content (AvgIpc) is 3.53. The first kappa shape index (κ1) is 23.2. The van der Waals surface area contributed by atoms with Crippen LogP contribution in [-0.4, -0.2) is 59.3 Å². The Morgan fingerprint density at radius 1 is 1.21 bits per heavy atom. The minimum Gasteiger partial charge on any atom is -0.392 e. The normalized spacial score (nSPS) is 28.4. The van der Waals surface area contributed by atoms with Crippen LogP contribution in [-0.2, 0) is 9.59 Å². The molecule has 9 heteroatoms. The second-order valence-electron chi connectivity index (χ2n) is 10.3. The molecular weight excluding hydrogens is 439 g/mol. The second kappa shape index (κ2) is 9.62. The number of carbonyl (C=O) groups is 2. The molecule has 1 aromatic carbocycles. The lowest BCUT2D eigenvalue weighted by Gasteiger charge is -2.32. The third kappa shape index (κ3) is 4.55. The van der Waals surface area contributed by atoms with E-state index in [4.69, 9.17) is 10.3 Å². The number of likely N-dealkylation sites (tertiary alicyclic amines) is 1. The molecular formula is C25H33FN4O4. The second-order valence-corrected chi connectivity index (χ2v) is 10.3. The van der Waals surface area contributed by atoms with Gasteiger partial charge < -0.3 is 25.6 Å². The van der Waals surface area contributed by atoms with Crippen molar-refractivity contribution in [3.63, 3.8) is 0 Å². The number of β-amino-alcohol motifs (C(OH)–C–C–N with tert-alkyl or cyclic N) is 1. The summed E-state index contributed by atoms with van der Waals surface area (Å²) in [5, 5.41) is 18.5. The minimum atomic E-state index is -0.542. The largest absolute Gasteiger partial charge is 0.392 e. The number of fused-ring (bicyclic) bond motifs is 3. The molecule has 1 saturated heterocycles. The molecule has 3 aliphatic rings. The van der Waals surface area contributed by atoms with Crippen LogP contribution in [0.2, 0.25) is 0 Å². The number of carbonyl (C=O) groups excluding carboxylic acids is 2.